The minimum atomic E-state index is -2.21. The van der Waals surface area contributed by atoms with Crippen LogP contribution in [0.3, 0.4) is 0 Å². The molecule has 36 nitrogen and oxygen atoms in total. The lowest BCUT2D eigenvalue weighted by molar-refractivity contribution is -1.08. The Labute approximate surface area is 478 Å². The minimum Gasteiger partial charge on any atom is -0.394 e. The van der Waals surface area contributed by atoms with Crippen LogP contribution < -0.4 is 0 Å². The van der Waals surface area contributed by atoms with Crippen LogP contribution >= 0.6 is 0 Å². The third-order valence-electron chi connectivity index (χ3n) is 16.2. The van der Waals surface area contributed by atoms with E-state index in [1.165, 1.54) is 0 Å². The van der Waals surface area contributed by atoms with Gasteiger partial charge in [-0.3, -0.25) is 0 Å². The Bertz CT molecular complexity index is 2000. The Morgan fingerprint density at radius 1 is 0.274 bits per heavy atom. The van der Waals surface area contributed by atoms with Crippen LogP contribution in [0.1, 0.15) is 19.8 Å². The highest BCUT2D eigenvalue weighted by molar-refractivity contribution is 5.02. The molecule has 35 atom stereocenters. The highest BCUT2D eigenvalue weighted by Crippen LogP contribution is 2.39. The van der Waals surface area contributed by atoms with Crippen LogP contribution in [0.2, 0.25) is 0 Å². The number of nitrogens with zero attached hydrogens (tertiary/aromatic N) is 1. The number of aliphatic hydroxyl groups is 20. The number of rotatable bonds is 12. The Balaban J connectivity index is 1.10. The van der Waals surface area contributed by atoms with Gasteiger partial charge in [0.25, 0.3) is 0 Å². The van der Waals surface area contributed by atoms with Crippen LogP contribution in [0.25, 0.3) is 0 Å². The molecule has 0 aromatic carbocycles. The molecule has 21 fully saturated rings. The number of aliphatic hydroxyl groups excluding tert-OH is 20. The van der Waals surface area contributed by atoms with Crippen molar-refractivity contribution in [2.24, 2.45) is 0 Å². The summed E-state index contributed by atoms with van der Waals surface area (Å²) >= 11 is 0. The highest BCUT2D eigenvalue weighted by Gasteiger charge is 2.60. The summed E-state index contributed by atoms with van der Waals surface area (Å²) in [5.41, 5.74) is 0. The largest absolute Gasteiger partial charge is 0.394 e. The standard InChI is InChI=1S/C48H84NO35/c1-4-5-6-49(2,3)70-13-20-41-27(62)34(69)48(77-20)83-40-19(12-55)75-46(32(67)25(40)60)81-38-17(10-53)73-44(30(65)23(38)58)79-36-15(8-51)71-42(28(63)21(36)56)78-35-14(7-50)72-43(29(64)22(35)57)80-37-16(9-52)74-45(31(66)24(37)59)82-39-18(11-54)76-47(84-41)33(68)26(39)61/h14-48,50-69H,4-13H2,1-3H3/q+1/t14-,15-,16-,17-,18-,19-,20-,21-,22-,23+,24-,25+,26-,27-,28-,29-,30-,31-,32-,33-,34-,35-,36-,37-,38-,39-,40-,41-,42-,43-,44-,45-,46-,47-,48-/m1/s1. The van der Waals surface area contributed by atoms with Crippen LogP contribution in [0.4, 0.5) is 0 Å². The first-order valence-corrected chi connectivity index (χ1v) is 27.7. The van der Waals surface area contributed by atoms with E-state index in [4.69, 9.17) is 71.2 Å². The van der Waals surface area contributed by atoms with E-state index in [9.17, 15) is 102 Å². The Morgan fingerprint density at radius 2 is 0.452 bits per heavy atom. The zero-order chi connectivity index (χ0) is 61.4. The van der Waals surface area contributed by atoms with Crippen molar-refractivity contribution in [3.05, 3.63) is 0 Å². The summed E-state index contributed by atoms with van der Waals surface area (Å²) in [6, 6.07) is 0. The van der Waals surface area contributed by atoms with E-state index in [2.05, 4.69) is 0 Å². The number of hydrogen-bond donors (Lipinski definition) is 20. The number of ether oxygens (including phenoxy) is 14. The Morgan fingerprint density at radius 3 is 0.631 bits per heavy atom. The van der Waals surface area contributed by atoms with Gasteiger partial charge in [-0.2, -0.15) is 4.65 Å². The molecule has 21 rings (SSSR count). The molecule has 0 spiro atoms. The second-order valence-electron chi connectivity index (χ2n) is 22.4. The van der Waals surface area contributed by atoms with E-state index in [1.807, 2.05) is 6.92 Å². The molecule has 0 unspecified atom stereocenters. The molecule has 36 heteroatoms. The molecule has 0 aliphatic carbocycles. The van der Waals surface area contributed by atoms with E-state index in [-0.39, 0.29) is 4.65 Å². The molecule has 20 N–H and O–H groups in total. The Kier molecular flexibility index (Phi) is 23.8. The van der Waals surface area contributed by atoms with Gasteiger partial charge in [0.15, 0.2) is 44.0 Å². The lowest BCUT2D eigenvalue weighted by Crippen LogP contribution is -2.68. The van der Waals surface area contributed by atoms with Gasteiger partial charge in [0.05, 0.1) is 53.7 Å². The molecule has 21 aliphatic heterocycles. The molecule has 21 saturated heterocycles. The van der Waals surface area contributed by atoms with Crippen molar-refractivity contribution >= 4 is 0 Å². The Hall–Kier alpha value is -1.44. The third kappa shape index (κ3) is 14.2. The highest BCUT2D eigenvalue weighted by atomic mass is 16.8. The first kappa shape index (κ1) is 68.5. The molecule has 21 aliphatic rings. The van der Waals surface area contributed by atoms with Gasteiger partial charge in [-0.05, 0) is 6.42 Å². The maximum Gasteiger partial charge on any atom is 0.187 e. The molecule has 0 aromatic rings. The number of unbranched alkanes of at least 4 members (excludes halogenated alkanes) is 1. The van der Waals surface area contributed by atoms with Gasteiger partial charge in [-0.15, -0.1) is 0 Å². The van der Waals surface area contributed by atoms with Crippen LogP contribution in [0.15, 0.2) is 0 Å². The normalized spacial score (nSPS) is 52.0. The summed E-state index contributed by atoms with van der Waals surface area (Å²) < 4.78 is 81.2. The van der Waals surface area contributed by atoms with E-state index in [0.29, 0.717) is 13.0 Å². The van der Waals surface area contributed by atoms with Crippen LogP contribution in [0.5, 0.6) is 0 Å². The predicted octanol–water partition coefficient (Wildman–Crippen LogP) is -13.4. The second kappa shape index (κ2) is 29.2. The summed E-state index contributed by atoms with van der Waals surface area (Å²) in [7, 11) is 3.37. The molecular formula is C48H84NO35+. The average molecular weight is 1240 g/mol. The van der Waals surface area contributed by atoms with Crippen LogP contribution in [0, 0.1) is 0 Å². The van der Waals surface area contributed by atoms with Gasteiger partial charge in [0.1, 0.15) is 184 Å². The molecule has 0 radical (unpaired) electrons. The van der Waals surface area contributed by atoms with Crippen molar-refractivity contribution in [3.8, 4) is 0 Å². The number of quaternary nitrogens is 1. The summed E-state index contributed by atoms with van der Waals surface area (Å²) in [6.45, 7) is -4.33. The van der Waals surface area contributed by atoms with Gasteiger partial charge < -0.3 is 168 Å². The van der Waals surface area contributed by atoms with Crippen molar-refractivity contribution in [2.45, 2.75) is 235 Å². The molecule has 84 heavy (non-hydrogen) atoms. The topological polar surface area (TPSA) is 543 Å². The lowest BCUT2D eigenvalue weighted by Gasteiger charge is -2.50. The minimum absolute atomic E-state index is 0.115. The molecule has 21 heterocycles. The lowest BCUT2D eigenvalue weighted by atomic mass is 9.95. The van der Waals surface area contributed by atoms with Crippen LogP contribution in [-0.4, -0.2) is 389 Å². The first-order chi connectivity index (χ1) is 39.9. The van der Waals surface area contributed by atoms with Crippen molar-refractivity contribution in [3.63, 3.8) is 0 Å². The number of hydroxylamine groups is 3. The monoisotopic (exact) mass is 1230 g/mol. The molecular weight excluding hydrogens is 1150 g/mol. The fourth-order valence-corrected chi connectivity index (χ4v) is 11.3. The van der Waals surface area contributed by atoms with Gasteiger partial charge in [0, 0.05) is 0 Å². The van der Waals surface area contributed by atoms with Gasteiger partial charge in [0.2, 0.25) is 0 Å². The van der Waals surface area contributed by atoms with Gasteiger partial charge in [-0.25, -0.2) is 4.84 Å². The summed E-state index contributed by atoms with van der Waals surface area (Å²) in [4.78, 5) is 6.14. The van der Waals surface area contributed by atoms with E-state index >= 15 is 0 Å². The van der Waals surface area contributed by atoms with Gasteiger partial charge >= 0.3 is 0 Å². The quantitative estimate of drug-likeness (QED) is 0.0637. The maximum atomic E-state index is 11.8. The van der Waals surface area contributed by atoms with Gasteiger partial charge in [-0.1, -0.05) is 13.3 Å². The SMILES string of the molecule is CCCC[N+](C)(C)OC[C@H]1O[C@@H]2O[C@H]3[C@@H](O)[C@@H](O)[C@@H](O[C@H]4[C@@H](O)[C@@H](O)[C@@H](O[C@H]5[C@H](O)[C@@H](O)[C@@H](O[C@H]6[C@H](O)[C@@H](O)[C@@H](O[C@H]7[C@H](O)[C@@H](O)[C@@H](O[C@H]8[C@H](O)[C@@H](O)[C@@H](O[C@H]1[C@H](O)[C@H]2O)O[C@@H]8CO)O[C@@H]7CO)O[C@@H]6CO)O[C@@H]5CO)O[C@@H]4CO)O[C@@H]3CO. The fourth-order valence-electron chi connectivity index (χ4n) is 11.3. The summed E-state index contributed by atoms with van der Waals surface area (Å²) in [6.07, 6.45) is -68.1. The zero-order valence-electron chi connectivity index (χ0n) is 45.8. The smallest absolute Gasteiger partial charge is 0.187 e. The first-order valence-electron chi connectivity index (χ1n) is 27.7. The molecule has 490 valence electrons. The molecule has 0 amide bonds. The third-order valence-corrected chi connectivity index (χ3v) is 16.2. The molecule has 14 bridgehead atoms. The van der Waals surface area contributed by atoms with Crippen molar-refractivity contribution in [1.29, 1.82) is 0 Å². The summed E-state index contributed by atoms with van der Waals surface area (Å²) in [5.74, 6) is 0. The van der Waals surface area contributed by atoms with Crippen LogP contribution in [-0.2, 0) is 71.2 Å². The van der Waals surface area contributed by atoms with E-state index in [1.54, 1.807) is 14.1 Å². The summed E-state index contributed by atoms with van der Waals surface area (Å²) in [5, 5.41) is 223. The average Bonchev–Trinajstić information content (AvgIpc) is 1.82. The number of hydrogen-bond acceptors (Lipinski definition) is 35. The van der Waals surface area contributed by atoms with E-state index in [0.717, 1.165) is 6.42 Å². The zero-order valence-corrected chi connectivity index (χ0v) is 45.8. The second-order valence-corrected chi connectivity index (χ2v) is 22.4. The fraction of sp³-hybridized carbons (Fsp3) is 1.00. The predicted molar refractivity (Wildman–Crippen MR) is 259 cm³/mol. The van der Waals surface area contributed by atoms with Crippen molar-refractivity contribution in [2.75, 3.05) is 66.9 Å². The van der Waals surface area contributed by atoms with Crippen molar-refractivity contribution < 1.29 is 178 Å². The van der Waals surface area contributed by atoms with Crippen molar-refractivity contribution in [1.82, 2.24) is 0 Å². The maximum absolute atomic E-state index is 11.8. The van der Waals surface area contributed by atoms with E-state index < -0.39 is 261 Å². The molecule has 0 saturated carbocycles. The molecule has 0 aromatic heterocycles.